The van der Waals surface area contributed by atoms with E-state index in [-0.39, 0.29) is 224 Å². The number of hydrogen-bond donors (Lipinski definition) is 0. The molecule has 0 fully saturated rings. The number of rotatable bonds is 1. The van der Waals surface area contributed by atoms with Gasteiger partial charge in [-0.15, -0.1) is 0 Å². The Balaban J connectivity index is -0.00000000402. The van der Waals surface area contributed by atoms with Crippen molar-refractivity contribution in [3.05, 3.63) is 21.8 Å². The van der Waals surface area contributed by atoms with Gasteiger partial charge in [0.1, 0.15) is 5.78 Å². The number of ketones is 1. The third-order valence-corrected chi connectivity index (χ3v) is 0.498. The molecule has 2 nitrogen and oxygen atoms in total. The summed E-state index contributed by atoms with van der Waals surface area (Å²) in [5.74, 6) is 0.255. The molecule has 0 N–H and O–H groups in total. The summed E-state index contributed by atoms with van der Waals surface area (Å²) in [6, 6.07) is 0. The van der Waals surface area contributed by atoms with Crippen LogP contribution in [-0.4, -0.2) is 12.1 Å². The van der Waals surface area contributed by atoms with Crippen molar-refractivity contribution in [3.63, 3.8) is 0 Å². The van der Waals surface area contributed by atoms with Gasteiger partial charge in [0.15, 0.2) is 0 Å². The van der Waals surface area contributed by atoms with Gasteiger partial charge in [-0.2, -0.15) is 13.3 Å². The molecule has 110 valence electrons. The molecule has 20 heavy (non-hydrogen) atoms. The summed E-state index contributed by atoms with van der Waals surface area (Å²) in [7, 11) is 0. The molecule has 0 aromatic heterocycles. The maximum absolute atomic E-state index is 9.81. The van der Waals surface area contributed by atoms with Gasteiger partial charge in [-0.25, -0.2) is 0 Å². The third kappa shape index (κ3) is 199. The summed E-state index contributed by atoms with van der Waals surface area (Å²) >= 11 is 0. The zero-order chi connectivity index (χ0) is 9.70. The average molecular weight is 738 g/mol. The summed E-state index contributed by atoms with van der Waals surface area (Å²) < 4.78 is 0. The molecule has 0 aliphatic heterocycles. The Morgan fingerprint density at radius 1 is 0.950 bits per heavy atom. The van der Waals surface area contributed by atoms with Crippen LogP contribution in [0.5, 0.6) is 0 Å². The second-order valence-corrected chi connectivity index (χ2v) is 1.76. The molecular weight excluding hydrogens is 710 g/mol. The number of carbonyl (C=O) groups excluding carboxylic acids is 2. The van der Waals surface area contributed by atoms with E-state index in [4.69, 9.17) is 4.79 Å². The molecule has 0 saturated heterocycles. The first-order valence-electron chi connectivity index (χ1n) is 3.68. The smallest absolute Gasteiger partial charge is 0.129 e. The second-order valence-electron chi connectivity index (χ2n) is 1.76. The first-order valence-corrected chi connectivity index (χ1v) is 3.68. The molecule has 0 bridgehead atoms. The molecule has 0 unspecified atom stereocenters. The van der Waals surface area contributed by atoms with Crippen LogP contribution in [0.15, 0.2) is 0 Å². The van der Waals surface area contributed by atoms with Crippen molar-refractivity contribution in [2.75, 3.05) is 0 Å². The van der Waals surface area contributed by atoms with Crippen LogP contribution in [0.25, 0.3) is 0 Å². The standard InChI is InChI=1S/C4H8O.C3H7.C2H3O.CH4.2CH3.6Y/c1-3-4(2)5;1-3-2;1-2-3;;;;;;;;;/h3H2,1-2H3;1,3H2,2H3;1H3;1H4;2*1H3;;;;;;/q;2*-1;;2*-1;;;;;;. The normalized spacial score (nSPS) is 3.45. The molecular formula is C12H28O2Y6-4. The molecule has 0 atom stereocenters. The van der Waals surface area contributed by atoms with E-state index < -0.39 is 0 Å². The fraction of sp³-hybridized carbons (Fsp3) is 0.583. The number of hydrogen-bond acceptors (Lipinski definition) is 2. The van der Waals surface area contributed by atoms with E-state index in [1.807, 2.05) is 13.8 Å². The summed E-state index contributed by atoms with van der Waals surface area (Å²) in [4.78, 5) is 18.5. The van der Waals surface area contributed by atoms with Crippen molar-refractivity contribution in [2.45, 2.75) is 48.0 Å². The van der Waals surface area contributed by atoms with Crippen molar-refractivity contribution in [1.29, 1.82) is 0 Å². The van der Waals surface area contributed by atoms with Gasteiger partial charge in [-0.1, -0.05) is 21.3 Å². The summed E-state index contributed by atoms with van der Waals surface area (Å²) in [5, 5.41) is 0. The zero-order valence-electron chi connectivity index (χ0n) is 13.4. The van der Waals surface area contributed by atoms with Gasteiger partial charge in [0.05, 0.1) is 0 Å². The number of Topliss-reactive ketones (excluding diaryl/α,β-unsaturated/α-hetero) is 1. The van der Waals surface area contributed by atoms with Crippen LogP contribution in [0, 0.1) is 21.8 Å². The van der Waals surface area contributed by atoms with E-state index in [0.29, 0.717) is 6.42 Å². The third-order valence-electron chi connectivity index (χ3n) is 0.498. The van der Waals surface area contributed by atoms with Crippen molar-refractivity contribution < 1.29 is 206 Å². The molecule has 0 heterocycles. The molecule has 0 rings (SSSR count). The van der Waals surface area contributed by atoms with Gasteiger partial charge in [0, 0.05) is 203 Å². The van der Waals surface area contributed by atoms with Crippen LogP contribution < -0.4 is 0 Å². The van der Waals surface area contributed by atoms with Gasteiger partial charge >= 0.3 is 0 Å². The molecule has 0 aromatic carbocycles. The first-order chi connectivity index (χ1) is 5.10. The summed E-state index contributed by atoms with van der Waals surface area (Å²) in [6.07, 6.45) is 3.17. The largest absolute Gasteiger partial charge is 0.542 e. The molecule has 0 aromatic rings. The van der Waals surface area contributed by atoms with Crippen molar-refractivity contribution in [3.8, 4) is 0 Å². The maximum atomic E-state index is 9.81. The molecule has 0 aliphatic carbocycles. The average Bonchev–Trinajstić information content (AvgIpc) is 1.91. The Labute approximate surface area is 280 Å². The SMILES string of the molecule is C.CCC(C)=O.C[C-]=O.[CH2-]CC.[CH3-].[CH3-].[Y].[Y].[Y].[Y].[Y].[Y]. The molecule has 0 spiro atoms. The van der Waals surface area contributed by atoms with Crippen LogP contribution in [0.4, 0.5) is 0 Å². The van der Waals surface area contributed by atoms with E-state index in [2.05, 4.69) is 6.92 Å². The Hall–Kier alpha value is 5.96. The fourth-order valence-electron chi connectivity index (χ4n) is 0. The van der Waals surface area contributed by atoms with Crippen LogP contribution in [0.1, 0.15) is 48.0 Å². The minimum Gasteiger partial charge on any atom is -0.542 e. The van der Waals surface area contributed by atoms with Crippen molar-refractivity contribution >= 4 is 12.1 Å². The Kier molecular flexibility index (Phi) is 416. The minimum absolute atomic E-state index is 0. The van der Waals surface area contributed by atoms with Crippen molar-refractivity contribution in [2.24, 2.45) is 0 Å². The molecule has 6 radical (unpaired) electrons. The van der Waals surface area contributed by atoms with E-state index in [0.717, 1.165) is 6.42 Å². The fourth-order valence-corrected chi connectivity index (χ4v) is 0. The minimum atomic E-state index is 0. The molecule has 0 aliphatic rings. The Morgan fingerprint density at radius 2 is 1.00 bits per heavy atom. The maximum Gasteiger partial charge on any atom is 0.129 e. The quantitative estimate of drug-likeness (QED) is 0.384. The van der Waals surface area contributed by atoms with E-state index in [1.165, 1.54) is 13.2 Å². The van der Waals surface area contributed by atoms with Gasteiger partial charge in [-0.05, 0) is 6.92 Å². The number of carbonyl (C=O) groups is 1. The molecule has 0 amide bonds. The van der Waals surface area contributed by atoms with Gasteiger partial charge in [-0.3, -0.25) is 6.29 Å². The Bertz CT molecular complexity index is 96.0. The van der Waals surface area contributed by atoms with Crippen LogP contribution >= 0.6 is 0 Å². The summed E-state index contributed by atoms with van der Waals surface area (Å²) in [5.41, 5.74) is 0. The topological polar surface area (TPSA) is 34.1 Å². The van der Waals surface area contributed by atoms with Crippen LogP contribution in [-0.2, 0) is 206 Å². The Morgan fingerprint density at radius 3 is 1.00 bits per heavy atom. The van der Waals surface area contributed by atoms with E-state index >= 15 is 0 Å². The zero-order valence-corrected chi connectivity index (χ0v) is 30.4. The van der Waals surface area contributed by atoms with E-state index in [1.54, 1.807) is 6.92 Å². The van der Waals surface area contributed by atoms with E-state index in [9.17, 15) is 4.79 Å². The predicted molar refractivity (Wildman–Crippen MR) is 67.5 cm³/mol. The second kappa shape index (κ2) is 100. The van der Waals surface area contributed by atoms with Gasteiger partial charge in [0.2, 0.25) is 0 Å². The van der Waals surface area contributed by atoms with Crippen LogP contribution in [0.3, 0.4) is 0 Å². The molecule has 0 saturated carbocycles. The van der Waals surface area contributed by atoms with Crippen molar-refractivity contribution in [1.82, 2.24) is 0 Å². The summed E-state index contributed by atoms with van der Waals surface area (Å²) in [6.45, 7) is 10.3. The predicted octanol–water partition coefficient (Wildman–Crippen LogP) is 3.85. The first kappa shape index (κ1) is 83.0. The monoisotopic (exact) mass is 738 g/mol. The van der Waals surface area contributed by atoms with Gasteiger partial charge in [0.25, 0.3) is 0 Å². The van der Waals surface area contributed by atoms with Gasteiger partial charge < -0.3 is 31.4 Å². The van der Waals surface area contributed by atoms with Crippen LogP contribution in [0.2, 0.25) is 0 Å². The molecule has 8 heteroatoms.